The normalized spacial score (nSPS) is 26.5. The van der Waals surface area contributed by atoms with Gasteiger partial charge in [-0.3, -0.25) is 9.59 Å². The lowest BCUT2D eigenvalue weighted by molar-refractivity contribution is -0.141. The Labute approximate surface area is 248 Å². The molecule has 42 heavy (non-hydrogen) atoms. The second-order valence-electron chi connectivity index (χ2n) is 12.4. The van der Waals surface area contributed by atoms with E-state index in [9.17, 15) is 14.4 Å². The van der Waals surface area contributed by atoms with Gasteiger partial charge in [-0.05, 0) is 57.9 Å². The molecule has 0 radical (unpaired) electrons. The van der Waals surface area contributed by atoms with Crippen molar-refractivity contribution in [1.29, 1.82) is 0 Å². The molecule has 0 aliphatic carbocycles. The van der Waals surface area contributed by atoms with E-state index in [0.29, 0.717) is 24.1 Å². The second kappa shape index (κ2) is 13.4. The minimum absolute atomic E-state index is 0.170. The maximum absolute atomic E-state index is 14.2. The van der Waals surface area contributed by atoms with Gasteiger partial charge in [0, 0.05) is 23.7 Å². The number of hydrogen-bond donors (Lipinski definition) is 2. The molecular weight excluding hydrogens is 536 g/mol. The molecule has 0 saturated carbocycles. The predicted octanol–water partition coefficient (Wildman–Crippen LogP) is 4.61. The number of nitrogens with zero attached hydrogens (tertiary/aromatic N) is 2. The summed E-state index contributed by atoms with van der Waals surface area (Å²) in [5, 5.41) is 7.42. The Kier molecular flexibility index (Phi) is 9.96. The predicted molar refractivity (Wildman–Crippen MR) is 160 cm³/mol. The molecule has 4 rings (SSSR count). The molecule has 3 heterocycles. The molecule has 2 aliphatic heterocycles. The van der Waals surface area contributed by atoms with Gasteiger partial charge in [0.05, 0.1) is 19.9 Å². The summed E-state index contributed by atoms with van der Waals surface area (Å²) >= 11 is 0. The lowest BCUT2D eigenvalue weighted by atomic mass is 9.88. The molecule has 5 atom stereocenters. The Hall–Kier alpha value is -3.82. The number of carbonyl (C=O) groups excluding carboxylic acids is 3. The second-order valence-corrected chi connectivity index (χ2v) is 12.4. The largest absolute Gasteiger partial charge is 0.494 e. The summed E-state index contributed by atoms with van der Waals surface area (Å²) in [4.78, 5) is 46.6. The maximum atomic E-state index is 14.2. The first-order valence-electron chi connectivity index (χ1n) is 14.8. The number of carbonyl (C=O) groups is 3. The van der Waals surface area contributed by atoms with Gasteiger partial charge in [-0.2, -0.15) is 0 Å². The number of pyridine rings is 1. The first kappa shape index (κ1) is 31.1. The van der Waals surface area contributed by atoms with Crippen molar-refractivity contribution in [2.75, 3.05) is 20.2 Å². The van der Waals surface area contributed by atoms with Crippen LogP contribution in [0.3, 0.4) is 0 Å². The van der Waals surface area contributed by atoms with Crippen LogP contribution >= 0.6 is 0 Å². The van der Waals surface area contributed by atoms with Gasteiger partial charge in [-0.15, -0.1) is 0 Å². The summed E-state index contributed by atoms with van der Waals surface area (Å²) in [5.74, 6) is 0.584. The molecule has 1 fully saturated rings. The summed E-state index contributed by atoms with van der Waals surface area (Å²) in [5.41, 5.74) is -0.722. The van der Waals surface area contributed by atoms with Crippen LogP contribution in [0, 0.1) is 11.8 Å². The van der Waals surface area contributed by atoms with E-state index >= 15 is 0 Å². The van der Waals surface area contributed by atoms with E-state index in [1.165, 1.54) is 0 Å². The highest BCUT2D eigenvalue weighted by molar-refractivity contribution is 5.93. The van der Waals surface area contributed by atoms with Crippen LogP contribution in [0.25, 0.3) is 10.8 Å². The lowest BCUT2D eigenvalue weighted by Gasteiger charge is -2.33. The molecule has 1 saturated heterocycles. The van der Waals surface area contributed by atoms with Gasteiger partial charge >= 0.3 is 6.09 Å². The molecule has 2 N–H and O–H groups in total. The molecule has 2 aliphatic rings. The van der Waals surface area contributed by atoms with Gasteiger partial charge in [-0.25, -0.2) is 9.78 Å². The Bertz CT molecular complexity index is 1310. The van der Waals surface area contributed by atoms with Crippen LogP contribution < -0.4 is 20.1 Å². The molecule has 1 aromatic heterocycles. The summed E-state index contributed by atoms with van der Waals surface area (Å²) in [7, 11) is 1.59. The van der Waals surface area contributed by atoms with E-state index < -0.39 is 29.9 Å². The first-order chi connectivity index (χ1) is 20.0. The van der Waals surface area contributed by atoms with Crippen molar-refractivity contribution >= 4 is 28.7 Å². The average molecular weight is 581 g/mol. The third kappa shape index (κ3) is 7.72. The van der Waals surface area contributed by atoms with Gasteiger partial charge in [0.25, 0.3) is 0 Å². The summed E-state index contributed by atoms with van der Waals surface area (Å²) in [6.45, 7) is 10.00. The van der Waals surface area contributed by atoms with Gasteiger partial charge in [0.2, 0.25) is 17.7 Å². The number of hydrogen-bond acceptors (Lipinski definition) is 7. The van der Waals surface area contributed by atoms with Crippen LogP contribution in [0.4, 0.5) is 4.79 Å². The minimum Gasteiger partial charge on any atom is -0.494 e. The molecule has 2 aromatic rings. The van der Waals surface area contributed by atoms with Gasteiger partial charge < -0.3 is 29.7 Å². The monoisotopic (exact) mass is 580 g/mol. The smallest absolute Gasteiger partial charge is 0.408 e. The van der Waals surface area contributed by atoms with E-state index in [1.807, 2.05) is 37.3 Å². The van der Waals surface area contributed by atoms with Crippen LogP contribution in [-0.2, 0) is 14.3 Å². The molecule has 0 bridgehead atoms. The maximum Gasteiger partial charge on any atom is 0.408 e. The van der Waals surface area contributed by atoms with E-state index in [2.05, 4.69) is 28.6 Å². The quantitative estimate of drug-likeness (QED) is 0.507. The number of nitrogens with one attached hydrogen (secondary N) is 2. The van der Waals surface area contributed by atoms with Crippen LogP contribution in [-0.4, -0.2) is 71.8 Å². The number of alkyl carbamates (subject to hydrolysis) is 1. The SMILES string of the molecule is COc1cnc(O[C@@H]2C[C@H]3C(=O)NC/C=C\CC[C@H](C)C[C@@H](C)C(NC(=O)OC(C)(C)C)C(=O)N3C2)c2ccccc12. The Balaban J connectivity index is 1.64. The van der Waals surface area contributed by atoms with E-state index in [-0.39, 0.29) is 30.7 Å². The number of rotatable bonds is 4. The Morgan fingerprint density at radius 2 is 1.83 bits per heavy atom. The molecule has 1 aromatic carbocycles. The van der Waals surface area contributed by atoms with Gasteiger partial charge in [0.1, 0.15) is 29.5 Å². The summed E-state index contributed by atoms with van der Waals surface area (Å²) in [6, 6.07) is 6.01. The third-order valence-corrected chi connectivity index (χ3v) is 7.74. The summed E-state index contributed by atoms with van der Waals surface area (Å²) < 4.78 is 17.3. The highest BCUT2D eigenvalue weighted by Gasteiger charge is 2.44. The first-order valence-corrected chi connectivity index (χ1v) is 14.8. The van der Waals surface area contributed by atoms with Crippen LogP contribution in [0.1, 0.15) is 60.3 Å². The Morgan fingerprint density at radius 1 is 1.10 bits per heavy atom. The van der Waals surface area contributed by atoms with Crippen molar-refractivity contribution in [3.8, 4) is 11.6 Å². The molecule has 10 nitrogen and oxygen atoms in total. The zero-order valence-electron chi connectivity index (χ0n) is 25.5. The summed E-state index contributed by atoms with van der Waals surface area (Å²) in [6.07, 6.45) is 7.31. The fourth-order valence-electron chi connectivity index (χ4n) is 5.74. The van der Waals surface area contributed by atoms with Crippen molar-refractivity contribution in [3.63, 3.8) is 0 Å². The highest BCUT2D eigenvalue weighted by atomic mass is 16.6. The van der Waals surface area contributed by atoms with Crippen molar-refractivity contribution < 1.29 is 28.6 Å². The van der Waals surface area contributed by atoms with Crippen LogP contribution in [0.5, 0.6) is 11.6 Å². The fraction of sp³-hybridized carbons (Fsp3) is 0.562. The molecule has 0 spiro atoms. The number of aromatic nitrogens is 1. The van der Waals surface area contributed by atoms with E-state index in [1.54, 1.807) is 39.0 Å². The van der Waals surface area contributed by atoms with Crippen molar-refractivity contribution in [3.05, 3.63) is 42.6 Å². The van der Waals surface area contributed by atoms with Crippen molar-refractivity contribution in [2.24, 2.45) is 11.8 Å². The number of methoxy groups -OCH3 is 1. The number of fused-ring (bicyclic) bond motifs is 2. The topological polar surface area (TPSA) is 119 Å². The number of allylic oxidation sites excluding steroid dienone is 1. The van der Waals surface area contributed by atoms with Gasteiger partial charge in [-0.1, -0.05) is 44.2 Å². The minimum atomic E-state index is -0.866. The number of benzene rings is 1. The molecule has 3 amide bonds. The Morgan fingerprint density at radius 3 is 2.55 bits per heavy atom. The number of amides is 3. The standard InChI is InChI=1S/C32H44N4O6/c1-20-12-8-7-11-15-33-28(37)25-17-22(41-29-24-14-10-9-13-23(24)26(40-6)18-34-29)19-36(25)30(38)27(21(2)16-20)35-31(39)42-32(3,4)5/h7,9-11,13-14,18,20-22,25,27H,8,12,15-17,19H2,1-6H3,(H,33,37)(H,35,39)/b11-7-/t20-,21+,22+,25-,27?/m0/s1. The lowest BCUT2D eigenvalue weighted by Crippen LogP contribution is -2.56. The number of ether oxygens (including phenoxy) is 3. The zero-order valence-corrected chi connectivity index (χ0v) is 25.5. The van der Waals surface area contributed by atoms with Crippen molar-refractivity contribution in [1.82, 2.24) is 20.5 Å². The van der Waals surface area contributed by atoms with E-state index in [4.69, 9.17) is 14.2 Å². The molecule has 228 valence electrons. The van der Waals surface area contributed by atoms with Gasteiger partial charge in [0.15, 0.2) is 0 Å². The molecular formula is C32H44N4O6. The van der Waals surface area contributed by atoms with Crippen molar-refractivity contribution in [2.45, 2.75) is 84.1 Å². The zero-order chi connectivity index (χ0) is 30.4. The molecule has 1 unspecified atom stereocenters. The average Bonchev–Trinajstić information content (AvgIpc) is 3.36. The molecule has 10 heteroatoms. The van der Waals surface area contributed by atoms with Crippen LogP contribution in [0.15, 0.2) is 42.6 Å². The van der Waals surface area contributed by atoms with Crippen LogP contribution in [0.2, 0.25) is 0 Å². The third-order valence-electron chi connectivity index (χ3n) is 7.74. The highest BCUT2D eigenvalue weighted by Crippen LogP contribution is 2.33. The fourth-order valence-corrected chi connectivity index (χ4v) is 5.74. The van der Waals surface area contributed by atoms with E-state index in [0.717, 1.165) is 30.0 Å².